The predicted molar refractivity (Wildman–Crippen MR) is 136 cm³/mol. The first-order valence-electron chi connectivity index (χ1n) is 11.4. The van der Waals surface area contributed by atoms with Gasteiger partial charge in [-0.2, -0.15) is 0 Å². The molecule has 10 heteroatoms. The highest BCUT2D eigenvalue weighted by molar-refractivity contribution is 7.99. The zero-order valence-electron chi connectivity index (χ0n) is 19.6. The summed E-state index contributed by atoms with van der Waals surface area (Å²) < 4.78 is 7.72. The number of para-hydroxylation sites is 1. The molecule has 0 aliphatic heterocycles. The summed E-state index contributed by atoms with van der Waals surface area (Å²) in [4.78, 5) is 26.1. The van der Waals surface area contributed by atoms with Gasteiger partial charge in [-0.3, -0.25) is 9.59 Å². The topological polar surface area (TPSA) is 112 Å². The van der Waals surface area contributed by atoms with Gasteiger partial charge in [0.2, 0.25) is 5.91 Å². The number of carbonyl (C=O) groups is 2. The van der Waals surface area contributed by atoms with Crippen LogP contribution >= 0.6 is 23.1 Å². The number of thioether (sulfide) groups is 1. The number of aromatic nitrogens is 3. The summed E-state index contributed by atoms with van der Waals surface area (Å²) >= 11 is 2.78. The highest BCUT2D eigenvalue weighted by Crippen LogP contribution is 2.39. The zero-order chi connectivity index (χ0) is 24.2. The highest BCUT2D eigenvalue weighted by Gasteiger charge is 2.27. The lowest BCUT2D eigenvalue weighted by atomic mass is 9.88. The van der Waals surface area contributed by atoms with Gasteiger partial charge in [0.25, 0.3) is 5.91 Å². The Balaban J connectivity index is 1.49. The summed E-state index contributed by atoms with van der Waals surface area (Å²) in [5.74, 6) is 1.46. The molecule has 0 bridgehead atoms. The monoisotopic (exact) mass is 499 g/mol. The van der Waals surface area contributed by atoms with Gasteiger partial charge >= 0.3 is 0 Å². The second-order valence-electron chi connectivity index (χ2n) is 8.24. The van der Waals surface area contributed by atoms with Crippen molar-refractivity contribution < 1.29 is 14.3 Å². The van der Waals surface area contributed by atoms with Crippen molar-refractivity contribution in [1.82, 2.24) is 14.8 Å². The van der Waals surface area contributed by atoms with E-state index in [2.05, 4.69) is 22.4 Å². The van der Waals surface area contributed by atoms with Crippen LogP contribution < -0.4 is 15.8 Å². The van der Waals surface area contributed by atoms with Crippen LogP contribution in [0.5, 0.6) is 5.75 Å². The van der Waals surface area contributed by atoms with Gasteiger partial charge in [0.05, 0.1) is 23.5 Å². The van der Waals surface area contributed by atoms with E-state index in [0.29, 0.717) is 40.6 Å². The van der Waals surface area contributed by atoms with Crippen molar-refractivity contribution in [2.24, 2.45) is 11.7 Å². The molecule has 1 atom stereocenters. The Morgan fingerprint density at radius 3 is 2.82 bits per heavy atom. The summed E-state index contributed by atoms with van der Waals surface area (Å²) in [5.41, 5.74) is 8.00. The fourth-order valence-electron chi connectivity index (χ4n) is 4.20. The minimum Gasteiger partial charge on any atom is -0.493 e. The number of hydrogen-bond acceptors (Lipinski definition) is 7. The molecular weight excluding hydrogens is 470 g/mol. The highest BCUT2D eigenvalue weighted by atomic mass is 32.2. The number of ether oxygens (including phenoxy) is 1. The molecule has 0 spiro atoms. The second kappa shape index (κ2) is 10.6. The second-order valence-corrected chi connectivity index (χ2v) is 10.3. The Morgan fingerprint density at radius 1 is 1.29 bits per heavy atom. The first kappa shape index (κ1) is 24.3. The van der Waals surface area contributed by atoms with E-state index in [1.807, 2.05) is 42.7 Å². The van der Waals surface area contributed by atoms with Crippen LogP contribution in [0.3, 0.4) is 0 Å². The molecule has 2 amide bonds. The Labute approximate surface area is 207 Å². The molecule has 1 aromatic carbocycles. The first-order valence-corrected chi connectivity index (χ1v) is 13.2. The quantitative estimate of drug-likeness (QED) is 0.423. The molecular formula is C24H29N5O3S2. The molecule has 34 heavy (non-hydrogen) atoms. The molecule has 3 N–H and O–H groups in total. The summed E-state index contributed by atoms with van der Waals surface area (Å²) in [6.45, 7) is 7.35. The van der Waals surface area contributed by atoms with Crippen LogP contribution in [0, 0.1) is 5.92 Å². The SMILES string of the molecule is CCOc1ccccc1-c1nnc(SCC(=O)Nc2sc3c(c2C(N)=O)CCC(C)C3)n1CC. The number of benzene rings is 1. The van der Waals surface area contributed by atoms with Crippen molar-refractivity contribution in [3.63, 3.8) is 0 Å². The van der Waals surface area contributed by atoms with E-state index >= 15 is 0 Å². The third-order valence-corrected chi connectivity index (χ3v) is 7.94. The number of amides is 2. The molecule has 4 rings (SSSR count). The van der Waals surface area contributed by atoms with Crippen LogP contribution in [0.2, 0.25) is 0 Å². The normalized spacial score (nSPS) is 15.1. The van der Waals surface area contributed by atoms with Gasteiger partial charge < -0.3 is 20.4 Å². The van der Waals surface area contributed by atoms with Crippen LogP contribution in [0.4, 0.5) is 5.00 Å². The Hall–Kier alpha value is -2.85. The van der Waals surface area contributed by atoms with Crippen molar-refractivity contribution in [1.29, 1.82) is 0 Å². The number of rotatable bonds is 9. The van der Waals surface area contributed by atoms with Crippen molar-refractivity contribution in [3.8, 4) is 17.1 Å². The molecule has 1 aliphatic rings. The number of carbonyl (C=O) groups excluding carboxylic acids is 2. The third-order valence-electron chi connectivity index (χ3n) is 5.80. The van der Waals surface area contributed by atoms with Gasteiger partial charge in [0, 0.05) is 11.4 Å². The Kier molecular flexibility index (Phi) is 7.57. The number of fused-ring (bicyclic) bond motifs is 1. The maximum Gasteiger partial charge on any atom is 0.251 e. The molecule has 0 saturated carbocycles. The molecule has 2 heterocycles. The van der Waals surface area contributed by atoms with Crippen molar-refractivity contribution in [2.45, 2.75) is 51.7 Å². The fraction of sp³-hybridized carbons (Fsp3) is 0.417. The minimum atomic E-state index is -0.488. The number of thiophene rings is 1. The third kappa shape index (κ3) is 4.97. The minimum absolute atomic E-state index is 0.141. The molecule has 0 saturated heterocycles. The van der Waals surface area contributed by atoms with Crippen LogP contribution in [-0.4, -0.2) is 38.9 Å². The number of nitrogens with two attached hydrogens (primary N) is 1. The van der Waals surface area contributed by atoms with E-state index in [9.17, 15) is 9.59 Å². The van der Waals surface area contributed by atoms with Crippen LogP contribution in [0.25, 0.3) is 11.4 Å². The largest absolute Gasteiger partial charge is 0.493 e. The molecule has 0 fully saturated rings. The van der Waals surface area contributed by atoms with Gasteiger partial charge in [0.15, 0.2) is 11.0 Å². The van der Waals surface area contributed by atoms with Gasteiger partial charge in [-0.1, -0.05) is 30.8 Å². The van der Waals surface area contributed by atoms with E-state index < -0.39 is 5.91 Å². The van der Waals surface area contributed by atoms with Gasteiger partial charge in [-0.05, 0) is 56.7 Å². The van der Waals surface area contributed by atoms with E-state index in [4.69, 9.17) is 10.5 Å². The number of anilines is 1. The fourth-order valence-corrected chi connectivity index (χ4v) is 6.44. The number of nitrogens with one attached hydrogen (secondary N) is 1. The lowest BCUT2D eigenvalue weighted by Crippen LogP contribution is -2.20. The predicted octanol–water partition coefficient (Wildman–Crippen LogP) is 4.38. The van der Waals surface area contributed by atoms with Crippen molar-refractivity contribution >= 4 is 39.9 Å². The van der Waals surface area contributed by atoms with Gasteiger partial charge in [-0.15, -0.1) is 21.5 Å². The lowest BCUT2D eigenvalue weighted by Gasteiger charge is -2.18. The van der Waals surface area contributed by atoms with E-state index in [1.165, 1.54) is 23.1 Å². The van der Waals surface area contributed by atoms with Crippen molar-refractivity contribution in [2.75, 3.05) is 17.7 Å². The summed E-state index contributed by atoms with van der Waals surface area (Å²) in [5, 5.41) is 12.8. The van der Waals surface area contributed by atoms with Crippen LogP contribution in [-0.2, 0) is 24.2 Å². The molecule has 180 valence electrons. The zero-order valence-corrected chi connectivity index (χ0v) is 21.2. The summed E-state index contributed by atoms with van der Waals surface area (Å²) in [6.07, 6.45) is 2.76. The molecule has 1 aliphatic carbocycles. The van der Waals surface area contributed by atoms with Crippen LogP contribution in [0.1, 0.15) is 48.0 Å². The number of hydrogen-bond donors (Lipinski definition) is 2. The lowest BCUT2D eigenvalue weighted by molar-refractivity contribution is -0.113. The maximum atomic E-state index is 12.8. The smallest absolute Gasteiger partial charge is 0.251 e. The van der Waals surface area contributed by atoms with Crippen molar-refractivity contribution in [3.05, 3.63) is 40.3 Å². The first-order chi connectivity index (χ1) is 16.4. The average molecular weight is 500 g/mol. The standard InChI is InChI=1S/C24H29N5O3S2/c1-4-29-22(15-8-6-7-9-17(15)32-5-2)27-28-24(29)33-13-19(30)26-23-20(21(25)31)16-11-10-14(3)12-18(16)34-23/h6-9,14H,4-5,10-13H2,1-3H3,(H2,25,31)(H,26,30). The Morgan fingerprint density at radius 2 is 2.09 bits per heavy atom. The molecule has 0 radical (unpaired) electrons. The van der Waals surface area contributed by atoms with Gasteiger partial charge in [0.1, 0.15) is 10.8 Å². The molecule has 8 nitrogen and oxygen atoms in total. The molecule has 3 aromatic rings. The van der Waals surface area contributed by atoms with Crippen LogP contribution in [0.15, 0.2) is 29.4 Å². The average Bonchev–Trinajstić information content (AvgIpc) is 3.38. The number of primary amides is 1. The van der Waals surface area contributed by atoms with E-state index in [-0.39, 0.29) is 11.7 Å². The molecule has 1 unspecified atom stereocenters. The van der Waals surface area contributed by atoms with E-state index in [0.717, 1.165) is 41.0 Å². The molecule has 2 aromatic heterocycles. The van der Waals surface area contributed by atoms with E-state index in [1.54, 1.807) is 0 Å². The maximum absolute atomic E-state index is 12.8. The van der Waals surface area contributed by atoms with Gasteiger partial charge in [-0.25, -0.2) is 0 Å². The summed E-state index contributed by atoms with van der Waals surface area (Å²) in [6, 6.07) is 7.72. The summed E-state index contributed by atoms with van der Waals surface area (Å²) in [7, 11) is 0. The number of nitrogens with zero attached hydrogens (tertiary/aromatic N) is 3. The Bertz CT molecular complexity index is 1200.